The van der Waals surface area contributed by atoms with Crippen LogP contribution in [-0.2, 0) is 11.3 Å². The van der Waals surface area contributed by atoms with Gasteiger partial charge in [0.25, 0.3) is 0 Å². The zero-order valence-electron chi connectivity index (χ0n) is 11.5. The van der Waals surface area contributed by atoms with Crippen molar-refractivity contribution >= 4 is 5.91 Å². The van der Waals surface area contributed by atoms with E-state index in [1.807, 2.05) is 0 Å². The number of carbonyl (C=O) groups excluding carboxylic acids is 1. The molecule has 19 heavy (non-hydrogen) atoms. The molecule has 0 aromatic heterocycles. The second kappa shape index (κ2) is 5.33. The van der Waals surface area contributed by atoms with Gasteiger partial charge in [0.2, 0.25) is 5.91 Å². The van der Waals surface area contributed by atoms with Crippen LogP contribution in [0, 0.1) is 0 Å². The first-order chi connectivity index (χ1) is 9.22. The molecule has 3 heteroatoms. The van der Waals surface area contributed by atoms with Gasteiger partial charge in [-0.1, -0.05) is 30.3 Å². The summed E-state index contributed by atoms with van der Waals surface area (Å²) < 4.78 is 0. The lowest BCUT2D eigenvalue weighted by Gasteiger charge is -2.39. The summed E-state index contributed by atoms with van der Waals surface area (Å²) in [6.07, 6.45) is 4.80. The number of hydrogen-bond donors (Lipinski definition) is 1. The van der Waals surface area contributed by atoms with Crippen LogP contribution in [0.15, 0.2) is 30.3 Å². The molecular weight excluding hydrogens is 236 g/mol. The van der Waals surface area contributed by atoms with Crippen LogP contribution in [0.3, 0.4) is 0 Å². The Morgan fingerprint density at radius 3 is 2.42 bits per heavy atom. The van der Waals surface area contributed by atoms with E-state index in [0.29, 0.717) is 18.1 Å². The van der Waals surface area contributed by atoms with Crippen molar-refractivity contribution in [1.29, 1.82) is 0 Å². The van der Waals surface area contributed by atoms with Crippen LogP contribution in [0.1, 0.15) is 38.2 Å². The third kappa shape index (κ3) is 2.81. The SMILES string of the molecule is CC(=O)NC1C[C@H]2CC[C@@H](C1)N2Cc1ccccc1. The van der Waals surface area contributed by atoms with Gasteiger partial charge in [0.1, 0.15) is 0 Å². The van der Waals surface area contributed by atoms with E-state index in [9.17, 15) is 4.79 Å². The number of carbonyl (C=O) groups is 1. The average Bonchev–Trinajstić information content (AvgIpc) is 2.62. The molecule has 1 N–H and O–H groups in total. The van der Waals surface area contributed by atoms with Crippen LogP contribution in [0.4, 0.5) is 0 Å². The Hall–Kier alpha value is -1.35. The lowest BCUT2D eigenvalue weighted by molar-refractivity contribution is -0.120. The number of benzene rings is 1. The van der Waals surface area contributed by atoms with E-state index < -0.39 is 0 Å². The van der Waals surface area contributed by atoms with Gasteiger partial charge in [0, 0.05) is 31.6 Å². The molecule has 2 saturated heterocycles. The molecule has 2 heterocycles. The van der Waals surface area contributed by atoms with Crippen molar-refractivity contribution in [2.24, 2.45) is 0 Å². The number of rotatable bonds is 3. The molecule has 0 aliphatic carbocycles. The van der Waals surface area contributed by atoms with E-state index >= 15 is 0 Å². The maximum atomic E-state index is 11.2. The lowest BCUT2D eigenvalue weighted by Crippen LogP contribution is -2.49. The molecule has 1 amide bonds. The van der Waals surface area contributed by atoms with Crippen LogP contribution in [-0.4, -0.2) is 28.9 Å². The predicted octanol–water partition coefficient (Wildman–Crippen LogP) is 2.32. The van der Waals surface area contributed by atoms with E-state index in [1.165, 1.54) is 18.4 Å². The van der Waals surface area contributed by atoms with E-state index in [-0.39, 0.29) is 5.91 Å². The minimum Gasteiger partial charge on any atom is -0.353 e. The highest BCUT2D eigenvalue weighted by Crippen LogP contribution is 2.36. The lowest BCUT2D eigenvalue weighted by atomic mass is 9.96. The Balaban J connectivity index is 1.65. The van der Waals surface area contributed by atoms with E-state index in [1.54, 1.807) is 6.92 Å². The molecule has 3 atom stereocenters. The van der Waals surface area contributed by atoms with Gasteiger partial charge in [-0.05, 0) is 31.2 Å². The standard InChI is InChI=1S/C16H22N2O/c1-12(19)17-14-9-15-7-8-16(10-14)18(15)11-13-5-3-2-4-6-13/h2-6,14-16H,7-11H2,1H3,(H,17,19)/t14?,15-,16+. The fourth-order valence-corrected chi connectivity index (χ4v) is 3.73. The molecule has 2 bridgehead atoms. The topological polar surface area (TPSA) is 32.3 Å². The smallest absolute Gasteiger partial charge is 0.217 e. The quantitative estimate of drug-likeness (QED) is 0.902. The summed E-state index contributed by atoms with van der Waals surface area (Å²) in [5, 5.41) is 3.10. The van der Waals surface area contributed by atoms with Gasteiger partial charge in [0.05, 0.1) is 0 Å². The van der Waals surface area contributed by atoms with Gasteiger partial charge in [-0.15, -0.1) is 0 Å². The summed E-state index contributed by atoms with van der Waals surface area (Å²) in [7, 11) is 0. The molecule has 3 nitrogen and oxygen atoms in total. The summed E-state index contributed by atoms with van der Waals surface area (Å²) in [4.78, 5) is 13.8. The third-order valence-electron chi connectivity index (χ3n) is 4.50. The van der Waals surface area contributed by atoms with Crippen molar-refractivity contribution in [2.75, 3.05) is 0 Å². The molecule has 2 aliphatic heterocycles. The number of amides is 1. The second-order valence-electron chi connectivity index (χ2n) is 5.91. The Kier molecular flexibility index (Phi) is 3.56. The van der Waals surface area contributed by atoms with Gasteiger partial charge in [-0.25, -0.2) is 0 Å². The summed E-state index contributed by atoms with van der Waals surface area (Å²) in [5.74, 6) is 0.112. The first kappa shape index (κ1) is 12.7. The third-order valence-corrected chi connectivity index (χ3v) is 4.50. The Bertz CT molecular complexity index is 431. The fourth-order valence-electron chi connectivity index (χ4n) is 3.73. The van der Waals surface area contributed by atoms with Crippen LogP contribution in [0.2, 0.25) is 0 Å². The predicted molar refractivity (Wildman–Crippen MR) is 75.6 cm³/mol. The highest BCUT2D eigenvalue weighted by Gasteiger charge is 2.40. The maximum Gasteiger partial charge on any atom is 0.217 e. The van der Waals surface area contributed by atoms with Gasteiger partial charge in [-0.2, -0.15) is 0 Å². The Morgan fingerprint density at radius 1 is 1.21 bits per heavy atom. The van der Waals surface area contributed by atoms with Crippen molar-refractivity contribution in [3.63, 3.8) is 0 Å². The van der Waals surface area contributed by atoms with Gasteiger partial charge < -0.3 is 5.32 Å². The molecule has 0 radical (unpaired) electrons. The van der Waals surface area contributed by atoms with E-state index in [2.05, 4.69) is 40.5 Å². The summed E-state index contributed by atoms with van der Waals surface area (Å²) in [6, 6.07) is 12.4. The molecule has 0 saturated carbocycles. The molecule has 0 spiro atoms. The van der Waals surface area contributed by atoms with Crippen molar-refractivity contribution in [3.05, 3.63) is 35.9 Å². The number of nitrogens with one attached hydrogen (secondary N) is 1. The van der Waals surface area contributed by atoms with Gasteiger partial charge >= 0.3 is 0 Å². The number of hydrogen-bond acceptors (Lipinski definition) is 2. The maximum absolute atomic E-state index is 11.2. The number of fused-ring (bicyclic) bond motifs is 2. The minimum atomic E-state index is 0.112. The number of nitrogens with zero attached hydrogens (tertiary/aromatic N) is 1. The normalized spacial score (nSPS) is 30.3. The number of piperidine rings is 1. The zero-order valence-corrected chi connectivity index (χ0v) is 11.5. The first-order valence-corrected chi connectivity index (χ1v) is 7.29. The van der Waals surface area contributed by atoms with E-state index in [4.69, 9.17) is 0 Å². The van der Waals surface area contributed by atoms with Crippen LogP contribution < -0.4 is 5.32 Å². The Morgan fingerprint density at radius 2 is 1.84 bits per heavy atom. The second-order valence-corrected chi connectivity index (χ2v) is 5.91. The summed E-state index contributed by atoms with van der Waals surface area (Å²) >= 11 is 0. The zero-order chi connectivity index (χ0) is 13.2. The molecule has 1 aromatic carbocycles. The molecule has 102 valence electrons. The molecule has 3 rings (SSSR count). The van der Waals surface area contributed by atoms with Crippen molar-refractivity contribution in [3.8, 4) is 0 Å². The van der Waals surface area contributed by atoms with Gasteiger partial charge in [-0.3, -0.25) is 9.69 Å². The Labute approximate surface area is 115 Å². The average molecular weight is 258 g/mol. The fraction of sp³-hybridized carbons (Fsp3) is 0.562. The van der Waals surface area contributed by atoms with Crippen molar-refractivity contribution < 1.29 is 4.79 Å². The highest BCUT2D eigenvalue weighted by atomic mass is 16.1. The van der Waals surface area contributed by atoms with Crippen molar-refractivity contribution in [2.45, 2.75) is 57.3 Å². The van der Waals surface area contributed by atoms with Crippen LogP contribution in [0.5, 0.6) is 0 Å². The first-order valence-electron chi connectivity index (χ1n) is 7.29. The van der Waals surface area contributed by atoms with Gasteiger partial charge in [0.15, 0.2) is 0 Å². The molecule has 1 aromatic rings. The van der Waals surface area contributed by atoms with Crippen molar-refractivity contribution in [1.82, 2.24) is 10.2 Å². The summed E-state index contributed by atoms with van der Waals surface area (Å²) in [6.45, 7) is 2.68. The highest BCUT2D eigenvalue weighted by molar-refractivity contribution is 5.73. The molecule has 1 unspecified atom stereocenters. The summed E-state index contributed by atoms with van der Waals surface area (Å²) in [5.41, 5.74) is 1.40. The monoisotopic (exact) mass is 258 g/mol. The van der Waals surface area contributed by atoms with E-state index in [0.717, 1.165) is 19.4 Å². The molecule has 2 aliphatic rings. The largest absolute Gasteiger partial charge is 0.353 e. The van der Waals surface area contributed by atoms with Crippen LogP contribution >= 0.6 is 0 Å². The van der Waals surface area contributed by atoms with Crippen LogP contribution in [0.25, 0.3) is 0 Å². The minimum absolute atomic E-state index is 0.112. The molecule has 2 fully saturated rings. The molecular formula is C16H22N2O.